The number of carboxylic acids is 1. The highest BCUT2D eigenvalue weighted by Gasteiger charge is 2.02. The first-order valence-electron chi connectivity index (χ1n) is 6.22. The maximum absolute atomic E-state index is 10.7. The summed E-state index contributed by atoms with van der Waals surface area (Å²) in [6.07, 6.45) is 2.13. The lowest BCUT2D eigenvalue weighted by molar-refractivity contribution is 0.0697. The van der Waals surface area contributed by atoms with Crippen LogP contribution in [0.2, 0.25) is 0 Å². The Balaban J connectivity index is 2.39. The second-order valence-electron chi connectivity index (χ2n) is 4.13. The molecule has 0 aliphatic rings. The largest absolute Gasteiger partial charge is 0.478 e. The fourth-order valence-corrected chi connectivity index (χ4v) is 1.86. The maximum Gasteiger partial charge on any atom is 0.335 e. The van der Waals surface area contributed by atoms with Crippen LogP contribution in [-0.4, -0.2) is 35.6 Å². The van der Waals surface area contributed by atoms with E-state index in [1.807, 2.05) is 12.1 Å². The molecule has 0 saturated carbocycles. The highest BCUT2D eigenvalue weighted by atomic mass is 16.4. The summed E-state index contributed by atoms with van der Waals surface area (Å²) in [4.78, 5) is 13.1. The van der Waals surface area contributed by atoms with Crippen molar-refractivity contribution in [1.29, 1.82) is 0 Å². The first-order chi connectivity index (χ1) is 8.17. The lowest BCUT2D eigenvalue weighted by Crippen LogP contribution is -2.24. The van der Waals surface area contributed by atoms with Crippen molar-refractivity contribution in [1.82, 2.24) is 4.90 Å². The molecule has 0 heterocycles. The van der Waals surface area contributed by atoms with E-state index in [1.165, 1.54) is 5.56 Å². The van der Waals surface area contributed by atoms with Gasteiger partial charge in [-0.3, -0.25) is 0 Å². The zero-order valence-electron chi connectivity index (χ0n) is 10.6. The number of benzene rings is 1. The second-order valence-corrected chi connectivity index (χ2v) is 4.13. The van der Waals surface area contributed by atoms with E-state index in [0.29, 0.717) is 5.56 Å². The number of carboxylic acid groups (broad SMARTS) is 1. The minimum atomic E-state index is -0.861. The van der Waals surface area contributed by atoms with Crippen molar-refractivity contribution in [3.8, 4) is 0 Å². The minimum absolute atomic E-state index is 0.359. The molecule has 1 aromatic rings. The Morgan fingerprint density at radius 2 is 1.76 bits per heavy atom. The summed E-state index contributed by atoms with van der Waals surface area (Å²) < 4.78 is 0. The van der Waals surface area contributed by atoms with Crippen molar-refractivity contribution in [2.75, 3.05) is 19.6 Å². The maximum atomic E-state index is 10.7. The highest BCUT2D eigenvalue weighted by molar-refractivity contribution is 5.87. The summed E-state index contributed by atoms with van der Waals surface area (Å²) in [5.41, 5.74) is 1.57. The molecule has 3 nitrogen and oxygen atoms in total. The van der Waals surface area contributed by atoms with E-state index < -0.39 is 5.97 Å². The molecule has 0 aliphatic heterocycles. The molecule has 1 aromatic carbocycles. The van der Waals surface area contributed by atoms with Crippen LogP contribution in [0.5, 0.6) is 0 Å². The van der Waals surface area contributed by atoms with Gasteiger partial charge in [0.25, 0.3) is 0 Å². The number of rotatable bonds is 7. The van der Waals surface area contributed by atoms with Gasteiger partial charge in [-0.15, -0.1) is 0 Å². The standard InChI is InChI=1S/C14H21NO2/c1-3-15(4-2)11-5-6-12-7-9-13(10-8-12)14(16)17/h7-10H,3-6,11H2,1-2H3,(H,16,17). The van der Waals surface area contributed by atoms with E-state index in [-0.39, 0.29) is 0 Å². The Labute approximate surface area is 103 Å². The van der Waals surface area contributed by atoms with Gasteiger partial charge in [0.2, 0.25) is 0 Å². The number of hydrogen-bond donors (Lipinski definition) is 1. The Morgan fingerprint density at radius 3 is 2.24 bits per heavy atom. The van der Waals surface area contributed by atoms with Gasteiger partial charge in [0.1, 0.15) is 0 Å². The van der Waals surface area contributed by atoms with Crippen LogP contribution in [0.25, 0.3) is 0 Å². The second kappa shape index (κ2) is 7.07. The summed E-state index contributed by atoms with van der Waals surface area (Å²) in [6.45, 7) is 7.63. The van der Waals surface area contributed by atoms with Gasteiger partial charge in [-0.05, 0) is 50.2 Å². The average molecular weight is 235 g/mol. The number of nitrogens with zero attached hydrogens (tertiary/aromatic N) is 1. The predicted octanol–water partition coefficient (Wildman–Crippen LogP) is 2.66. The van der Waals surface area contributed by atoms with Gasteiger partial charge in [-0.25, -0.2) is 4.79 Å². The molecule has 0 aliphatic carbocycles. The van der Waals surface area contributed by atoms with Crippen molar-refractivity contribution < 1.29 is 9.90 Å². The van der Waals surface area contributed by atoms with Crippen LogP contribution in [0.15, 0.2) is 24.3 Å². The van der Waals surface area contributed by atoms with E-state index in [4.69, 9.17) is 5.11 Å². The third kappa shape index (κ3) is 4.57. The molecule has 0 aromatic heterocycles. The zero-order chi connectivity index (χ0) is 12.7. The van der Waals surface area contributed by atoms with Crippen LogP contribution in [0.4, 0.5) is 0 Å². The van der Waals surface area contributed by atoms with Gasteiger partial charge in [-0.2, -0.15) is 0 Å². The molecule has 0 atom stereocenters. The Morgan fingerprint density at radius 1 is 1.18 bits per heavy atom. The lowest BCUT2D eigenvalue weighted by atomic mass is 10.1. The third-order valence-corrected chi connectivity index (χ3v) is 3.04. The van der Waals surface area contributed by atoms with Crippen molar-refractivity contribution >= 4 is 5.97 Å². The molecule has 0 radical (unpaired) electrons. The third-order valence-electron chi connectivity index (χ3n) is 3.04. The van der Waals surface area contributed by atoms with E-state index in [0.717, 1.165) is 32.5 Å². The smallest absolute Gasteiger partial charge is 0.335 e. The van der Waals surface area contributed by atoms with Crippen LogP contribution in [0.3, 0.4) is 0 Å². The van der Waals surface area contributed by atoms with Crippen molar-refractivity contribution in [2.45, 2.75) is 26.7 Å². The van der Waals surface area contributed by atoms with Gasteiger partial charge in [0.05, 0.1) is 5.56 Å². The molecule has 0 bridgehead atoms. The van der Waals surface area contributed by atoms with E-state index in [1.54, 1.807) is 12.1 Å². The molecule has 1 rings (SSSR count). The van der Waals surface area contributed by atoms with E-state index >= 15 is 0 Å². The molecule has 0 fully saturated rings. The van der Waals surface area contributed by atoms with Gasteiger partial charge < -0.3 is 10.0 Å². The number of hydrogen-bond acceptors (Lipinski definition) is 2. The van der Waals surface area contributed by atoms with Gasteiger partial charge in [0.15, 0.2) is 0 Å². The molecule has 17 heavy (non-hydrogen) atoms. The molecule has 94 valence electrons. The first kappa shape index (κ1) is 13.7. The monoisotopic (exact) mass is 235 g/mol. The Hall–Kier alpha value is -1.35. The van der Waals surface area contributed by atoms with Crippen LogP contribution < -0.4 is 0 Å². The molecule has 0 amide bonds. The predicted molar refractivity (Wildman–Crippen MR) is 69.5 cm³/mol. The molecule has 1 N–H and O–H groups in total. The van der Waals surface area contributed by atoms with Crippen molar-refractivity contribution in [3.05, 3.63) is 35.4 Å². The lowest BCUT2D eigenvalue weighted by Gasteiger charge is -2.17. The number of carbonyl (C=O) groups is 1. The van der Waals surface area contributed by atoms with Gasteiger partial charge in [0, 0.05) is 0 Å². The SMILES string of the molecule is CCN(CC)CCCc1ccc(C(=O)O)cc1. The normalized spacial score (nSPS) is 10.8. The van der Waals surface area contributed by atoms with Crippen LogP contribution in [-0.2, 0) is 6.42 Å². The fourth-order valence-electron chi connectivity index (χ4n) is 1.86. The Bertz CT molecular complexity index is 342. The molecule has 0 saturated heterocycles. The molecular formula is C14H21NO2. The molecular weight excluding hydrogens is 214 g/mol. The number of aromatic carboxylic acids is 1. The van der Waals surface area contributed by atoms with Crippen molar-refractivity contribution in [2.24, 2.45) is 0 Å². The summed E-state index contributed by atoms with van der Waals surface area (Å²) in [5, 5.41) is 8.78. The van der Waals surface area contributed by atoms with E-state index in [9.17, 15) is 4.79 Å². The summed E-state index contributed by atoms with van der Waals surface area (Å²) in [5.74, 6) is -0.861. The summed E-state index contributed by atoms with van der Waals surface area (Å²) in [7, 11) is 0. The minimum Gasteiger partial charge on any atom is -0.478 e. The zero-order valence-corrected chi connectivity index (χ0v) is 10.6. The molecule has 0 spiro atoms. The van der Waals surface area contributed by atoms with Gasteiger partial charge >= 0.3 is 5.97 Å². The van der Waals surface area contributed by atoms with Crippen LogP contribution in [0, 0.1) is 0 Å². The fraction of sp³-hybridized carbons (Fsp3) is 0.500. The summed E-state index contributed by atoms with van der Waals surface area (Å²) in [6, 6.07) is 7.17. The van der Waals surface area contributed by atoms with Crippen LogP contribution >= 0.6 is 0 Å². The van der Waals surface area contributed by atoms with Crippen molar-refractivity contribution in [3.63, 3.8) is 0 Å². The Kier molecular flexibility index (Phi) is 5.70. The number of aryl methyl sites for hydroxylation is 1. The topological polar surface area (TPSA) is 40.5 Å². The molecule has 0 unspecified atom stereocenters. The first-order valence-corrected chi connectivity index (χ1v) is 6.22. The van der Waals surface area contributed by atoms with Crippen LogP contribution in [0.1, 0.15) is 36.2 Å². The molecule has 3 heteroatoms. The van der Waals surface area contributed by atoms with Gasteiger partial charge in [-0.1, -0.05) is 26.0 Å². The quantitative estimate of drug-likeness (QED) is 0.790. The average Bonchev–Trinajstić information content (AvgIpc) is 2.35. The highest BCUT2D eigenvalue weighted by Crippen LogP contribution is 2.07. The summed E-state index contributed by atoms with van der Waals surface area (Å²) >= 11 is 0. The van der Waals surface area contributed by atoms with E-state index in [2.05, 4.69) is 18.7 Å².